The fourth-order valence-corrected chi connectivity index (χ4v) is 2.45. The molecule has 0 aliphatic carbocycles. The third kappa shape index (κ3) is 3.03. The van der Waals surface area contributed by atoms with E-state index in [1.165, 1.54) is 0 Å². The van der Waals surface area contributed by atoms with Gasteiger partial charge in [0.15, 0.2) is 0 Å². The largest absolute Gasteiger partial charge is 0.391 e. The van der Waals surface area contributed by atoms with Crippen molar-refractivity contribution in [2.45, 2.75) is 39.8 Å². The monoisotopic (exact) mass is 266 g/mol. The quantitative estimate of drug-likeness (QED) is 0.924. The van der Waals surface area contributed by atoms with Crippen LogP contribution in [0.1, 0.15) is 27.2 Å². The van der Waals surface area contributed by atoms with Gasteiger partial charge in [0, 0.05) is 0 Å². The first-order chi connectivity index (χ1) is 8.37. The molecule has 2 rings (SSSR count). The molecule has 2 aromatic rings. The summed E-state index contributed by atoms with van der Waals surface area (Å²) >= 11 is 6.12. The number of fused-ring (bicyclic) bond motifs is 1. The molecule has 4 heteroatoms. The van der Waals surface area contributed by atoms with E-state index in [0.717, 1.165) is 17.5 Å². The fourth-order valence-electron chi connectivity index (χ4n) is 2.20. The lowest BCUT2D eigenvalue weighted by Gasteiger charge is -2.22. The molecule has 3 nitrogen and oxygen atoms in total. The summed E-state index contributed by atoms with van der Waals surface area (Å²) < 4.78 is 1.87. The molecule has 0 saturated heterocycles. The van der Waals surface area contributed by atoms with Crippen LogP contribution in [-0.2, 0) is 6.54 Å². The molecule has 0 fully saturated rings. The molecule has 1 atom stereocenters. The molecular formula is C14H19ClN2O. The Morgan fingerprint density at radius 3 is 2.67 bits per heavy atom. The van der Waals surface area contributed by atoms with Gasteiger partial charge < -0.3 is 9.67 Å². The molecule has 1 aromatic carbocycles. The van der Waals surface area contributed by atoms with Gasteiger partial charge in [0.05, 0.1) is 23.7 Å². The topological polar surface area (TPSA) is 38.0 Å². The maximum absolute atomic E-state index is 10.1. The Balaban J connectivity index is 2.24. The minimum Gasteiger partial charge on any atom is -0.391 e. The molecule has 0 bridgehead atoms. The third-order valence-corrected chi connectivity index (χ3v) is 3.14. The number of aromatic nitrogens is 2. The van der Waals surface area contributed by atoms with Gasteiger partial charge in [-0.2, -0.15) is 0 Å². The van der Waals surface area contributed by atoms with E-state index in [1.807, 2.05) is 28.8 Å². The second-order valence-corrected chi connectivity index (χ2v) is 6.24. The number of aliphatic hydroxyl groups is 1. The molecule has 0 saturated carbocycles. The second kappa shape index (κ2) is 4.90. The highest BCUT2D eigenvalue weighted by Gasteiger charge is 2.19. The van der Waals surface area contributed by atoms with Gasteiger partial charge in [0.1, 0.15) is 0 Å². The second-order valence-electron chi connectivity index (χ2n) is 5.90. The highest BCUT2D eigenvalue weighted by atomic mass is 35.5. The number of halogens is 1. The summed E-state index contributed by atoms with van der Waals surface area (Å²) in [6.07, 6.45) is 0.315. The lowest BCUT2D eigenvalue weighted by Crippen LogP contribution is -2.22. The van der Waals surface area contributed by atoms with Gasteiger partial charge in [0.2, 0.25) is 5.28 Å². The smallest absolute Gasteiger partial charge is 0.203 e. The number of imidazole rings is 1. The van der Waals surface area contributed by atoms with Crippen LogP contribution in [0.25, 0.3) is 11.0 Å². The molecule has 1 unspecified atom stereocenters. The van der Waals surface area contributed by atoms with Gasteiger partial charge in [-0.05, 0) is 35.6 Å². The summed E-state index contributed by atoms with van der Waals surface area (Å²) in [6, 6.07) is 7.78. The minimum absolute atomic E-state index is 0.0995. The molecule has 18 heavy (non-hydrogen) atoms. The number of rotatable bonds is 3. The molecule has 1 N–H and O–H groups in total. The normalized spacial score (nSPS) is 14.1. The Bertz CT molecular complexity index is 542. The molecule has 0 aliphatic rings. The van der Waals surface area contributed by atoms with Crippen molar-refractivity contribution in [3.63, 3.8) is 0 Å². The number of hydrogen-bond donors (Lipinski definition) is 1. The lowest BCUT2D eigenvalue weighted by molar-refractivity contribution is 0.106. The number of aliphatic hydroxyl groups excluding tert-OH is 1. The summed E-state index contributed by atoms with van der Waals surface area (Å²) in [7, 11) is 0. The van der Waals surface area contributed by atoms with Crippen molar-refractivity contribution in [1.29, 1.82) is 0 Å². The van der Waals surface area contributed by atoms with Gasteiger partial charge in [-0.1, -0.05) is 32.9 Å². The summed E-state index contributed by atoms with van der Waals surface area (Å²) in [5, 5.41) is 10.6. The van der Waals surface area contributed by atoms with Crippen LogP contribution >= 0.6 is 11.6 Å². The first kappa shape index (κ1) is 13.4. The van der Waals surface area contributed by atoms with Gasteiger partial charge in [-0.3, -0.25) is 0 Å². The summed E-state index contributed by atoms with van der Waals surface area (Å²) in [6.45, 7) is 6.83. The summed E-state index contributed by atoms with van der Waals surface area (Å²) in [5.74, 6) is 0. The molecule has 0 spiro atoms. The molecular weight excluding hydrogens is 248 g/mol. The van der Waals surface area contributed by atoms with E-state index in [1.54, 1.807) is 0 Å². The Hall–Kier alpha value is -1.06. The average molecular weight is 267 g/mol. The van der Waals surface area contributed by atoms with Crippen molar-refractivity contribution in [2.75, 3.05) is 0 Å². The molecule has 1 aromatic heterocycles. The summed E-state index contributed by atoms with van der Waals surface area (Å²) in [4.78, 5) is 4.28. The van der Waals surface area contributed by atoms with Crippen LogP contribution < -0.4 is 0 Å². The zero-order valence-electron chi connectivity index (χ0n) is 11.0. The van der Waals surface area contributed by atoms with Crippen molar-refractivity contribution in [2.24, 2.45) is 5.41 Å². The maximum atomic E-state index is 10.1. The standard InChI is InChI=1S/C14H19ClN2O/c1-14(2,3)8-10(18)9-17-12-7-5-4-6-11(12)16-13(17)15/h4-7,10,18H,8-9H2,1-3H3. The Morgan fingerprint density at radius 2 is 2.00 bits per heavy atom. The van der Waals surface area contributed by atoms with E-state index in [0.29, 0.717) is 11.8 Å². The van der Waals surface area contributed by atoms with Crippen LogP contribution in [0.4, 0.5) is 0 Å². The molecule has 0 aliphatic heterocycles. The first-order valence-electron chi connectivity index (χ1n) is 6.16. The van der Waals surface area contributed by atoms with E-state index >= 15 is 0 Å². The van der Waals surface area contributed by atoms with Crippen LogP contribution in [0.15, 0.2) is 24.3 Å². The molecule has 1 heterocycles. The zero-order chi connectivity index (χ0) is 13.3. The number of para-hydroxylation sites is 2. The minimum atomic E-state index is -0.417. The van der Waals surface area contributed by atoms with Gasteiger partial charge in [-0.15, -0.1) is 0 Å². The van der Waals surface area contributed by atoms with Gasteiger partial charge in [-0.25, -0.2) is 4.98 Å². The highest BCUT2D eigenvalue weighted by Crippen LogP contribution is 2.24. The van der Waals surface area contributed by atoms with E-state index in [9.17, 15) is 5.11 Å². The molecule has 0 radical (unpaired) electrons. The lowest BCUT2D eigenvalue weighted by atomic mass is 9.89. The Kier molecular flexibility index (Phi) is 3.64. The van der Waals surface area contributed by atoms with Crippen molar-refractivity contribution in [1.82, 2.24) is 9.55 Å². The third-order valence-electron chi connectivity index (χ3n) is 2.85. The van der Waals surface area contributed by atoms with Crippen LogP contribution in [-0.4, -0.2) is 20.8 Å². The SMILES string of the molecule is CC(C)(C)CC(O)Cn1c(Cl)nc2ccccc21. The van der Waals surface area contributed by atoms with Crippen LogP contribution in [0, 0.1) is 5.41 Å². The molecule has 0 amide bonds. The van der Waals surface area contributed by atoms with Crippen LogP contribution in [0.5, 0.6) is 0 Å². The van der Waals surface area contributed by atoms with E-state index in [4.69, 9.17) is 11.6 Å². The van der Waals surface area contributed by atoms with Crippen molar-refractivity contribution < 1.29 is 5.11 Å². The zero-order valence-corrected chi connectivity index (χ0v) is 11.8. The average Bonchev–Trinajstić information content (AvgIpc) is 2.53. The van der Waals surface area contributed by atoms with Crippen molar-refractivity contribution >= 4 is 22.6 Å². The van der Waals surface area contributed by atoms with Gasteiger partial charge in [0.25, 0.3) is 0 Å². The highest BCUT2D eigenvalue weighted by molar-refractivity contribution is 6.29. The number of nitrogens with zero attached hydrogens (tertiary/aromatic N) is 2. The van der Waals surface area contributed by atoms with Crippen molar-refractivity contribution in [3.8, 4) is 0 Å². The van der Waals surface area contributed by atoms with E-state index < -0.39 is 6.10 Å². The Labute approximate surface area is 112 Å². The number of benzene rings is 1. The van der Waals surface area contributed by atoms with Gasteiger partial charge >= 0.3 is 0 Å². The predicted octanol–water partition coefficient (Wildman–Crippen LogP) is 3.49. The van der Waals surface area contributed by atoms with E-state index in [-0.39, 0.29) is 5.41 Å². The van der Waals surface area contributed by atoms with Crippen LogP contribution in [0.3, 0.4) is 0 Å². The predicted molar refractivity (Wildman–Crippen MR) is 74.8 cm³/mol. The van der Waals surface area contributed by atoms with Crippen molar-refractivity contribution in [3.05, 3.63) is 29.5 Å². The van der Waals surface area contributed by atoms with Crippen LogP contribution in [0.2, 0.25) is 5.28 Å². The first-order valence-corrected chi connectivity index (χ1v) is 6.53. The Morgan fingerprint density at radius 1 is 1.33 bits per heavy atom. The summed E-state index contributed by atoms with van der Waals surface area (Å²) in [5.41, 5.74) is 1.93. The maximum Gasteiger partial charge on any atom is 0.203 e. The molecule has 98 valence electrons. The van der Waals surface area contributed by atoms with E-state index in [2.05, 4.69) is 25.8 Å². The number of hydrogen-bond acceptors (Lipinski definition) is 2. The fraction of sp³-hybridized carbons (Fsp3) is 0.500.